The molecule has 0 spiro atoms. The molecule has 0 aliphatic heterocycles. The van der Waals surface area contributed by atoms with E-state index in [2.05, 4.69) is 0 Å². The van der Waals surface area contributed by atoms with Crippen LogP contribution in [0.15, 0.2) is 41.3 Å². The van der Waals surface area contributed by atoms with Crippen LogP contribution in [0.2, 0.25) is 0 Å². The van der Waals surface area contributed by atoms with Crippen LogP contribution >= 0.6 is 0 Å². The average Bonchev–Trinajstić information content (AvgIpc) is 2.34. The lowest BCUT2D eigenvalue weighted by Crippen LogP contribution is -2.23. The second kappa shape index (κ2) is 4.49. The molecule has 0 aliphatic rings. The Bertz CT molecular complexity index is 657. The van der Waals surface area contributed by atoms with Gasteiger partial charge < -0.3 is 9.67 Å². The lowest BCUT2D eigenvalue weighted by Gasteiger charge is -2.13. The first-order valence-electron chi connectivity index (χ1n) is 5.54. The first-order valence-corrected chi connectivity index (χ1v) is 5.54. The summed E-state index contributed by atoms with van der Waals surface area (Å²) in [6, 6.07) is 9.34. The Morgan fingerprint density at radius 2 is 1.78 bits per heavy atom. The molecule has 18 heavy (non-hydrogen) atoms. The van der Waals surface area contributed by atoms with Crippen LogP contribution in [0.3, 0.4) is 0 Å². The molecule has 0 bridgehead atoms. The molecule has 1 aromatic carbocycles. The van der Waals surface area contributed by atoms with E-state index in [0.29, 0.717) is 11.3 Å². The zero-order valence-electron chi connectivity index (χ0n) is 10.2. The van der Waals surface area contributed by atoms with Crippen molar-refractivity contribution in [3.8, 4) is 5.69 Å². The van der Waals surface area contributed by atoms with Gasteiger partial charge in [-0.3, -0.25) is 4.79 Å². The standard InChI is InChI=1S/C14H13NO3/c1-9-8-15(11-6-4-3-5-7-11)10(2)12(13(9)16)14(17)18/h3-8H,1-2H3,(H,17,18). The maximum Gasteiger partial charge on any atom is 0.341 e. The summed E-state index contributed by atoms with van der Waals surface area (Å²) in [6.45, 7) is 3.25. The quantitative estimate of drug-likeness (QED) is 0.879. The van der Waals surface area contributed by atoms with Gasteiger partial charge in [-0.05, 0) is 26.0 Å². The van der Waals surface area contributed by atoms with Gasteiger partial charge in [-0.2, -0.15) is 0 Å². The normalized spacial score (nSPS) is 10.3. The fourth-order valence-electron chi connectivity index (χ4n) is 1.94. The van der Waals surface area contributed by atoms with Gasteiger partial charge in [-0.1, -0.05) is 18.2 Å². The molecule has 1 aromatic heterocycles. The van der Waals surface area contributed by atoms with Crippen molar-refractivity contribution >= 4 is 5.97 Å². The van der Waals surface area contributed by atoms with Gasteiger partial charge >= 0.3 is 5.97 Å². The summed E-state index contributed by atoms with van der Waals surface area (Å²) in [5.41, 5.74) is 1.10. The third kappa shape index (κ3) is 1.93. The number of carboxylic acid groups (broad SMARTS) is 1. The van der Waals surface area contributed by atoms with E-state index >= 15 is 0 Å². The van der Waals surface area contributed by atoms with Crippen molar-refractivity contribution in [1.82, 2.24) is 4.57 Å². The Balaban J connectivity index is 2.79. The second-order valence-corrected chi connectivity index (χ2v) is 4.11. The van der Waals surface area contributed by atoms with Crippen molar-refractivity contribution in [2.24, 2.45) is 0 Å². The molecule has 4 heteroatoms. The number of hydrogen-bond acceptors (Lipinski definition) is 2. The molecule has 0 unspecified atom stereocenters. The minimum atomic E-state index is -1.19. The minimum Gasteiger partial charge on any atom is -0.477 e. The maximum atomic E-state index is 11.8. The number of pyridine rings is 1. The van der Waals surface area contributed by atoms with E-state index in [9.17, 15) is 9.59 Å². The Morgan fingerprint density at radius 1 is 1.17 bits per heavy atom. The van der Waals surface area contributed by atoms with Gasteiger partial charge in [0.15, 0.2) is 5.43 Å². The van der Waals surface area contributed by atoms with Crippen LogP contribution in [0.1, 0.15) is 21.6 Å². The van der Waals surface area contributed by atoms with Crippen LogP contribution in [0.25, 0.3) is 5.69 Å². The highest BCUT2D eigenvalue weighted by Crippen LogP contribution is 2.13. The molecule has 4 nitrogen and oxygen atoms in total. The van der Waals surface area contributed by atoms with Crippen molar-refractivity contribution in [1.29, 1.82) is 0 Å². The number of carbonyl (C=O) groups is 1. The number of nitrogens with zero attached hydrogens (tertiary/aromatic N) is 1. The molecule has 0 radical (unpaired) electrons. The van der Waals surface area contributed by atoms with Crippen LogP contribution in [-0.4, -0.2) is 15.6 Å². The number of aryl methyl sites for hydroxylation is 1. The number of para-hydroxylation sites is 1. The average molecular weight is 243 g/mol. The third-order valence-electron chi connectivity index (χ3n) is 2.88. The van der Waals surface area contributed by atoms with Gasteiger partial charge in [0.1, 0.15) is 5.56 Å². The summed E-state index contributed by atoms with van der Waals surface area (Å²) >= 11 is 0. The summed E-state index contributed by atoms with van der Waals surface area (Å²) < 4.78 is 1.72. The molecule has 1 N–H and O–H groups in total. The summed E-state index contributed by atoms with van der Waals surface area (Å²) in [7, 11) is 0. The summed E-state index contributed by atoms with van der Waals surface area (Å²) in [5.74, 6) is -1.19. The molecule has 0 atom stereocenters. The predicted molar refractivity (Wildman–Crippen MR) is 68.5 cm³/mol. The van der Waals surface area contributed by atoms with Gasteiger partial charge in [0.25, 0.3) is 0 Å². The van der Waals surface area contributed by atoms with E-state index in [1.807, 2.05) is 30.3 Å². The van der Waals surface area contributed by atoms with Gasteiger partial charge in [0.2, 0.25) is 0 Å². The predicted octanol–water partition coefficient (Wildman–Crippen LogP) is 2.15. The first-order chi connectivity index (χ1) is 8.52. The zero-order valence-corrected chi connectivity index (χ0v) is 10.2. The lowest BCUT2D eigenvalue weighted by atomic mass is 10.1. The number of hydrogen-bond donors (Lipinski definition) is 1. The van der Waals surface area contributed by atoms with Gasteiger partial charge in [0.05, 0.1) is 0 Å². The SMILES string of the molecule is Cc1cn(-c2ccccc2)c(C)c(C(=O)O)c1=O. The minimum absolute atomic E-state index is 0.168. The summed E-state index contributed by atoms with van der Waals surface area (Å²) in [5, 5.41) is 9.13. The van der Waals surface area contributed by atoms with Gasteiger partial charge in [-0.25, -0.2) is 4.79 Å². The monoisotopic (exact) mass is 243 g/mol. The Labute approximate surface area is 104 Å². The van der Waals surface area contributed by atoms with Crippen molar-refractivity contribution in [3.05, 3.63) is 63.6 Å². The molecule has 1 heterocycles. The zero-order chi connectivity index (χ0) is 13.3. The van der Waals surface area contributed by atoms with Crippen molar-refractivity contribution in [3.63, 3.8) is 0 Å². The van der Waals surface area contributed by atoms with E-state index in [0.717, 1.165) is 5.69 Å². The van der Waals surface area contributed by atoms with Crippen LogP contribution < -0.4 is 5.43 Å². The number of aromatic carboxylic acids is 1. The van der Waals surface area contributed by atoms with Crippen LogP contribution in [-0.2, 0) is 0 Å². The van der Waals surface area contributed by atoms with Crippen LogP contribution in [0.5, 0.6) is 0 Å². The molecular formula is C14H13NO3. The summed E-state index contributed by atoms with van der Waals surface area (Å²) in [4.78, 5) is 23.0. The van der Waals surface area contributed by atoms with Crippen molar-refractivity contribution < 1.29 is 9.90 Å². The fraction of sp³-hybridized carbons (Fsp3) is 0.143. The summed E-state index contributed by atoms with van der Waals surface area (Å²) in [6.07, 6.45) is 1.67. The van der Waals surface area contributed by atoms with E-state index in [1.54, 1.807) is 24.6 Å². The van der Waals surface area contributed by atoms with E-state index in [1.165, 1.54) is 0 Å². The molecule has 0 fully saturated rings. The number of carboxylic acids is 1. The Hall–Kier alpha value is -2.36. The van der Waals surface area contributed by atoms with Crippen molar-refractivity contribution in [2.45, 2.75) is 13.8 Å². The highest BCUT2D eigenvalue weighted by atomic mass is 16.4. The van der Waals surface area contributed by atoms with E-state index in [-0.39, 0.29) is 5.56 Å². The highest BCUT2D eigenvalue weighted by Gasteiger charge is 2.17. The Morgan fingerprint density at radius 3 is 2.33 bits per heavy atom. The van der Waals surface area contributed by atoms with Crippen molar-refractivity contribution in [2.75, 3.05) is 0 Å². The molecule has 0 saturated carbocycles. The lowest BCUT2D eigenvalue weighted by molar-refractivity contribution is 0.0693. The second-order valence-electron chi connectivity index (χ2n) is 4.11. The topological polar surface area (TPSA) is 59.3 Å². The largest absolute Gasteiger partial charge is 0.477 e. The fourth-order valence-corrected chi connectivity index (χ4v) is 1.94. The Kier molecular flexibility index (Phi) is 3.02. The molecule has 0 amide bonds. The molecule has 2 aromatic rings. The number of aromatic nitrogens is 1. The third-order valence-corrected chi connectivity index (χ3v) is 2.88. The van der Waals surface area contributed by atoms with E-state index in [4.69, 9.17) is 5.11 Å². The highest BCUT2D eigenvalue weighted by molar-refractivity contribution is 5.89. The molecule has 2 rings (SSSR count). The number of benzene rings is 1. The smallest absolute Gasteiger partial charge is 0.341 e. The molecular weight excluding hydrogens is 230 g/mol. The van der Waals surface area contributed by atoms with Gasteiger partial charge in [-0.15, -0.1) is 0 Å². The molecule has 0 saturated heterocycles. The van der Waals surface area contributed by atoms with E-state index < -0.39 is 11.4 Å². The molecule has 92 valence electrons. The van der Waals surface area contributed by atoms with Gasteiger partial charge in [0, 0.05) is 23.1 Å². The maximum absolute atomic E-state index is 11.8. The van der Waals surface area contributed by atoms with Crippen LogP contribution in [0, 0.1) is 13.8 Å². The van der Waals surface area contributed by atoms with Crippen LogP contribution in [0.4, 0.5) is 0 Å². The number of rotatable bonds is 2. The molecule has 0 aliphatic carbocycles. The first kappa shape index (κ1) is 12.1.